The molecule has 2 aliphatic rings. The second-order valence-corrected chi connectivity index (χ2v) is 5.23. The number of hydrogen-bond acceptors (Lipinski definition) is 3. The van der Waals surface area contributed by atoms with E-state index in [1.807, 2.05) is 11.1 Å². The van der Waals surface area contributed by atoms with Crippen molar-refractivity contribution in [3.63, 3.8) is 0 Å². The van der Waals surface area contributed by atoms with Gasteiger partial charge in [0, 0.05) is 38.4 Å². The van der Waals surface area contributed by atoms with Crippen LogP contribution >= 0.6 is 0 Å². The number of amides is 2. The summed E-state index contributed by atoms with van der Waals surface area (Å²) in [6.07, 6.45) is 7.03. The molecule has 0 radical (unpaired) electrons. The molecule has 0 bridgehead atoms. The van der Waals surface area contributed by atoms with Gasteiger partial charge >= 0.3 is 6.03 Å². The van der Waals surface area contributed by atoms with Gasteiger partial charge in [-0.3, -0.25) is 4.99 Å². The smallest absolute Gasteiger partial charge is 0.315 e. The maximum Gasteiger partial charge on any atom is 0.315 e. The monoisotopic (exact) mass is 264 g/mol. The zero-order valence-electron chi connectivity index (χ0n) is 11.7. The van der Waals surface area contributed by atoms with E-state index < -0.39 is 0 Å². The van der Waals surface area contributed by atoms with Gasteiger partial charge in [0.05, 0.1) is 0 Å². The third-order valence-corrected chi connectivity index (χ3v) is 4.00. The van der Waals surface area contributed by atoms with Gasteiger partial charge in [-0.1, -0.05) is 13.0 Å². The molecule has 106 valence electrons. The molecule has 2 N–H and O–H groups in total. The van der Waals surface area contributed by atoms with Crippen LogP contribution in [0.3, 0.4) is 0 Å². The number of piperidine rings is 1. The van der Waals surface area contributed by atoms with Gasteiger partial charge in [-0.05, 0) is 31.4 Å². The zero-order valence-corrected chi connectivity index (χ0v) is 11.7. The summed E-state index contributed by atoms with van der Waals surface area (Å²) in [5.41, 5.74) is 6.67. The van der Waals surface area contributed by atoms with Crippen molar-refractivity contribution >= 4 is 12.2 Å². The van der Waals surface area contributed by atoms with Crippen LogP contribution in [0, 0.1) is 0 Å². The number of likely N-dealkylation sites (tertiary alicyclic amines) is 1. The van der Waals surface area contributed by atoms with Gasteiger partial charge in [-0.2, -0.15) is 0 Å². The number of dihydropyridines is 1. The molecule has 0 aromatic rings. The highest BCUT2D eigenvalue weighted by Gasteiger charge is 2.26. The second kappa shape index (κ2) is 6.70. The van der Waals surface area contributed by atoms with Crippen LogP contribution < -0.4 is 5.73 Å². The first kappa shape index (κ1) is 14.1. The molecule has 2 aliphatic heterocycles. The second-order valence-electron chi connectivity index (χ2n) is 5.23. The minimum absolute atomic E-state index is 0.275. The van der Waals surface area contributed by atoms with Crippen molar-refractivity contribution in [1.82, 2.24) is 9.80 Å². The minimum Gasteiger partial charge on any atom is -0.351 e. The van der Waals surface area contributed by atoms with Crippen molar-refractivity contribution < 1.29 is 4.79 Å². The van der Waals surface area contributed by atoms with Gasteiger partial charge in [0.25, 0.3) is 0 Å². The summed E-state index contributed by atoms with van der Waals surface area (Å²) < 4.78 is 0. The number of nitrogens with zero attached hydrogens (tertiary/aromatic N) is 3. The minimum atomic E-state index is -0.310. The average molecular weight is 264 g/mol. The fraction of sp³-hybridized carbons (Fsp3) is 0.714. The van der Waals surface area contributed by atoms with E-state index in [0.717, 1.165) is 51.0 Å². The molecule has 5 heteroatoms. The quantitative estimate of drug-likeness (QED) is 0.830. The Balaban J connectivity index is 1.94. The van der Waals surface area contributed by atoms with Crippen LogP contribution in [0.2, 0.25) is 0 Å². The fourth-order valence-corrected chi connectivity index (χ4v) is 2.80. The van der Waals surface area contributed by atoms with Crippen LogP contribution in [0.5, 0.6) is 0 Å². The van der Waals surface area contributed by atoms with Gasteiger partial charge in [-0.25, -0.2) is 4.79 Å². The highest BCUT2D eigenvalue weighted by atomic mass is 16.2. The number of primary amides is 1. The van der Waals surface area contributed by atoms with E-state index in [2.05, 4.69) is 22.9 Å². The Bertz CT molecular complexity index is 370. The lowest BCUT2D eigenvalue weighted by molar-refractivity contribution is 0.134. The van der Waals surface area contributed by atoms with Crippen molar-refractivity contribution in [2.75, 3.05) is 32.7 Å². The van der Waals surface area contributed by atoms with Crippen molar-refractivity contribution in [2.24, 2.45) is 10.7 Å². The highest BCUT2D eigenvalue weighted by Crippen LogP contribution is 2.18. The van der Waals surface area contributed by atoms with Crippen molar-refractivity contribution in [1.29, 1.82) is 0 Å². The third kappa shape index (κ3) is 3.80. The van der Waals surface area contributed by atoms with Gasteiger partial charge < -0.3 is 15.5 Å². The number of rotatable bonds is 4. The van der Waals surface area contributed by atoms with Crippen LogP contribution in [0.15, 0.2) is 16.6 Å². The maximum absolute atomic E-state index is 11.7. The predicted octanol–water partition coefficient (Wildman–Crippen LogP) is 1.25. The molecule has 0 atom stereocenters. The Morgan fingerprint density at radius 1 is 1.53 bits per heavy atom. The molecule has 5 nitrogen and oxygen atoms in total. The number of carbonyl (C=O) groups is 1. The lowest BCUT2D eigenvalue weighted by Gasteiger charge is -2.37. The van der Waals surface area contributed by atoms with Crippen molar-refractivity contribution in [3.05, 3.63) is 11.6 Å². The first-order valence-corrected chi connectivity index (χ1v) is 7.18. The molecule has 0 aromatic heterocycles. The van der Waals surface area contributed by atoms with Crippen LogP contribution in [-0.2, 0) is 0 Å². The number of nitrogens with two attached hydrogens (primary N) is 1. The zero-order chi connectivity index (χ0) is 13.7. The Labute approximate surface area is 115 Å². The van der Waals surface area contributed by atoms with Crippen LogP contribution in [0.25, 0.3) is 0 Å². The number of urea groups is 1. The van der Waals surface area contributed by atoms with E-state index in [1.165, 1.54) is 0 Å². The maximum atomic E-state index is 11.7. The molecule has 2 amide bonds. The molecule has 0 unspecified atom stereocenters. The van der Waals surface area contributed by atoms with Crippen LogP contribution in [0.4, 0.5) is 4.79 Å². The summed E-state index contributed by atoms with van der Waals surface area (Å²) in [5.74, 6) is 0. The first-order chi connectivity index (χ1) is 9.20. The summed E-state index contributed by atoms with van der Waals surface area (Å²) in [6, 6.07) is -0.0358. The third-order valence-electron chi connectivity index (χ3n) is 4.00. The van der Waals surface area contributed by atoms with Crippen molar-refractivity contribution in [3.8, 4) is 0 Å². The van der Waals surface area contributed by atoms with Gasteiger partial charge in [0.1, 0.15) is 0 Å². The Morgan fingerprint density at radius 3 is 2.79 bits per heavy atom. The van der Waals surface area contributed by atoms with Gasteiger partial charge in [0.15, 0.2) is 0 Å². The Kier molecular flexibility index (Phi) is 4.96. The summed E-state index contributed by atoms with van der Waals surface area (Å²) >= 11 is 0. The van der Waals surface area contributed by atoms with Crippen LogP contribution in [0.1, 0.15) is 26.2 Å². The van der Waals surface area contributed by atoms with E-state index in [-0.39, 0.29) is 12.1 Å². The largest absolute Gasteiger partial charge is 0.351 e. The highest BCUT2D eigenvalue weighted by molar-refractivity contribution is 5.82. The molecule has 0 aliphatic carbocycles. The topological polar surface area (TPSA) is 61.9 Å². The number of hydrogen-bond donors (Lipinski definition) is 1. The van der Waals surface area contributed by atoms with Gasteiger partial charge in [0.2, 0.25) is 0 Å². The first-order valence-electron chi connectivity index (χ1n) is 7.18. The van der Waals surface area contributed by atoms with E-state index in [9.17, 15) is 4.79 Å². The molecule has 0 aromatic carbocycles. The van der Waals surface area contributed by atoms with Crippen LogP contribution in [-0.4, -0.2) is 60.8 Å². The molecular weight excluding hydrogens is 240 g/mol. The van der Waals surface area contributed by atoms with Gasteiger partial charge in [-0.15, -0.1) is 0 Å². The van der Waals surface area contributed by atoms with Crippen molar-refractivity contribution in [2.45, 2.75) is 32.2 Å². The standard InChI is InChI=1S/C14H24N4O/c1-2-17-8-5-13(6-9-17)18(14(15)19)11-12-4-3-7-16-10-12/h4,10,13H,2-3,5-9,11H2,1H3,(H2,15,19). The normalized spacial score (nSPS) is 21.2. The molecule has 1 saturated heterocycles. The molecule has 2 rings (SSSR count). The molecule has 0 saturated carbocycles. The average Bonchev–Trinajstić information content (AvgIpc) is 2.46. The molecule has 2 heterocycles. The predicted molar refractivity (Wildman–Crippen MR) is 77.5 cm³/mol. The molecule has 1 fully saturated rings. The lowest BCUT2D eigenvalue weighted by atomic mass is 10.0. The Hall–Kier alpha value is -1.36. The molecule has 19 heavy (non-hydrogen) atoms. The molecular formula is C14H24N4O. The SMILES string of the molecule is CCN1CCC(N(CC2=CCCN=C2)C(N)=O)CC1. The lowest BCUT2D eigenvalue weighted by Crippen LogP contribution is -2.50. The van der Waals surface area contributed by atoms with E-state index >= 15 is 0 Å². The summed E-state index contributed by atoms with van der Waals surface area (Å²) in [4.78, 5) is 20.2. The fourth-order valence-electron chi connectivity index (χ4n) is 2.80. The summed E-state index contributed by atoms with van der Waals surface area (Å²) in [6.45, 7) is 6.83. The van der Waals surface area contributed by atoms with E-state index in [4.69, 9.17) is 5.73 Å². The summed E-state index contributed by atoms with van der Waals surface area (Å²) in [7, 11) is 0. The number of carbonyl (C=O) groups excluding carboxylic acids is 1. The van der Waals surface area contributed by atoms with E-state index in [0.29, 0.717) is 6.54 Å². The summed E-state index contributed by atoms with van der Waals surface area (Å²) in [5, 5.41) is 0. The number of aliphatic imine (C=N–C) groups is 1. The molecule has 0 spiro atoms. The van der Waals surface area contributed by atoms with E-state index in [1.54, 1.807) is 0 Å². The Morgan fingerprint density at radius 2 is 2.26 bits per heavy atom.